The molecule has 6 nitrogen and oxygen atoms in total. The van der Waals surface area contributed by atoms with Gasteiger partial charge in [-0.05, 0) is 6.92 Å². The van der Waals surface area contributed by atoms with Crippen LogP contribution in [0.15, 0.2) is 35.3 Å². The first-order valence-electron chi connectivity index (χ1n) is 7.49. The second kappa shape index (κ2) is 5.88. The van der Waals surface area contributed by atoms with E-state index in [4.69, 9.17) is 9.47 Å². The van der Waals surface area contributed by atoms with E-state index in [1.54, 1.807) is 36.7 Å². The molecule has 2 aromatic carbocycles. The fourth-order valence-corrected chi connectivity index (χ4v) is 2.94. The lowest BCUT2D eigenvalue weighted by molar-refractivity contribution is 0.0524. The number of fused-ring (bicyclic) bond motifs is 2. The summed E-state index contributed by atoms with van der Waals surface area (Å²) in [5, 5.41) is 11.9. The molecule has 0 saturated heterocycles. The SMILES string of the molecule is CCOC(=O)c1cn(C)c2c(OC)c3ccccc3c(O)c2c1=O. The van der Waals surface area contributed by atoms with Crippen molar-refractivity contribution in [1.82, 2.24) is 4.57 Å². The maximum atomic E-state index is 12.8. The smallest absolute Gasteiger partial charge is 0.343 e. The Labute approximate surface area is 137 Å². The van der Waals surface area contributed by atoms with Gasteiger partial charge in [0.2, 0.25) is 5.43 Å². The number of hydrogen-bond acceptors (Lipinski definition) is 5. The molecule has 124 valence electrons. The number of esters is 1. The minimum atomic E-state index is -0.716. The largest absolute Gasteiger partial charge is 0.506 e. The van der Waals surface area contributed by atoms with Crippen molar-refractivity contribution in [2.75, 3.05) is 13.7 Å². The number of aromatic nitrogens is 1. The highest BCUT2D eigenvalue weighted by atomic mass is 16.5. The van der Waals surface area contributed by atoms with Crippen LogP contribution in [0.25, 0.3) is 21.7 Å². The summed E-state index contributed by atoms with van der Waals surface area (Å²) in [6, 6.07) is 7.08. The van der Waals surface area contributed by atoms with Crippen molar-refractivity contribution in [3.05, 3.63) is 46.2 Å². The second-order valence-electron chi connectivity index (χ2n) is 5.35. The number of phenols is 1. The van der Waals surface area contributed by atoms with Gasteiger partial charge in [0.1, 0.15) is 11.3 Å². The van der Waals surface area contributed by atoms with Gasteiger partial charge in [-0.15, -0.1) is 0 Å². The van der Waals surface area contributed by atoms with Gasteiger partial charge in [-0.3, -0.25) is 4.79 Å². The van der Waals surface area contributed by atoms with Crippen LogP contribution in [-0.2, 0) is 11.8 Å². The summed E-state index contributed by atoms with van der Waals surface area (Å²) in [4.78, 5) is 24.8. The molecule has 0 spiro atoms. The Bertz CT molecular complexity index is 1020. The third-order valence-electron chi connectivity index (χ3n) is 3.96. The number of phenolic OH excluding ortho intramolecular Hbond substituents is 1. The third kappa shape index (κ3) is 2.19. The highest BCUT2D eigenvalue weighted by Gasteiger charge is 2.23. The van der Waals surface area contributed by atoms with Crippen LogP contribution in [0.2, 0.25) is 0 Å². The predicted octanol–water partition coefficient (Wildman–Crippen LogP) is 2.58. The van der Waals surface area contributed by atoms with Crippen LogP contribution in [0.5, 0.6) is 11.5 Å². The number of ether oxygens (including phenoxy) is 2. The van der Waals surface area contributed by atoms with Crippen LogP contribution in [-0.4, -0.2) is 29.4 Å². The first kappa shape index (κ1) is 15.9. The summed E-state index contributed by atoms with van der Waals surface area (Å²) >= 11 is 0. The van der Waals surface area contributed by atoms with Crippen molar-refractivity contribution in [2.24, 2.45) is 7.05 Å². The minimum absolute atomic E-state index is 0.0404. The van der Waals surface area contributed by atoms with E-state index < -0.39 is 11.4 Å². The van der Waals surface area contributed by atoms with Crippen molar-refractivity contribution in [1.29, 1.82) is 0 Å². The van der Waals surface area contributed by atoms with Crippen LogP contribution in [0.1, 0.15) is 17.3 Å². The van der Waals surface area contributed by atoms with Gasteiger partial charge < -0.3 is 19.1 Å². The number of rotatable bonds is 3. The van der Waals surface area contributed by atoms with Crippen molar-refractivity contribution < 1.29 is 19.4 Å². The molecule has 0 atom stereocenters. The van der Waals surface area contributed by atoms with Crippen LogP contribution >= 0.6 is 0 Å². The molecule has 0 aliphatic rings. The summed E-state index contributed by atoms with van der Waals surface area (Å²) in [5.74, 6) is -0.423. The van der Waals surface area contributed by atoms with Gasteiger partial charge in [-0.25, -0.2) is 4.79 Å². The monoisotopic (exact) mass is 327 g/mol. The number of carbonyl (C=O) groups is 1. The second-order valence-corrected chi connectivity index (χ2v) is 5.35. The van der Waals surface area contributed by atoms with E-state index in [1.807, 2.05) is 6.07 Å². The Kier molecular flexibility index (Phi) is 3.89. The normalized spacial score (nSPS) is 11.0. The van der Waals surface area contributed by atoms with E-state index in [0.29, 0.717) is 22.0 Å². The van der Waals surface area contributed by atoms with Crippen molar-refractivity contribution in [3.63, 3.8) is 0 Å². The molecule has 0 aliphatic heterocycles. The average molecular weight is 327 g/mol. The Morgan fingerprint density at radius 1 is 1.25 bits per heavy atom. The summed E-state index contributed by atoms with van der Waals surface area (Å²) < 4.78 is 12.0. The van der Waals surface area contributed by atoms with Crippen LogP contribution in [0.3, 0.4) is 0 Å². The van der Waals surface area contributed by atoms with Crippen molar-refractivity contribution in [2.45, 2.75) is 6.92 Å². The van der Waals surface area contributed by atoms with Gasteiger partial charge in [0.05, 0.1) is 24.6 Å². The molecular weight excluding hydrogens is 310 g/mol. The molecule has 0 bridgehead atoms. The number of pyridine rings is 1. The number of carbonyl (C=O) groups excluding carboxylic acids is 1. The van der Waals surface area contributed by atoms with E-state index >= 15 is 0 Å². The molecule has 0 fully saturated rings. The molecule has 1 N–H and O–H groups in total. The molecular formula is C18H17NO5. The minimum Gasteiger partial charge on any atom is -0.506 e. The van der Waals surface area contributed by atoms with Gasteiger partial charge in [-0.1, -0.05) is 24.3 Å². The zero-order valence-electron chi connectivity index (χ0n) is 13.6. The van der Waals surface area contributed by atoms with E-state index in [9.17, 15) is 14.7 Å². The molecule has 3 aromatic rings. The van der Waals surface area contributed by atoms with Gasteiger partial charge in [-0.2, -0.15) is 0 Å². The van der Waals surface area contributed by atoms with Crippen LogP contribution in [0, 0.1) is 0 Å². The highest BCUT2D eigenvalue weighted by Crippen LogP contribution is 2.40. The molecule has 0 aliphatic carbocycles. The Morgan fingerprint density at radius 3 is 2.54 bits per heavy atom. The lowest BCUT2D eigenvalue weighted by Gasteiger charge is -2.16. The number of aromatic hydroxyl groups is 1. The molecule has 6 heteroatoms. The number of hydrogen-bond donors (Lipinski definition) is 1. The van der Waals surface area contributed by atoms with Gasteiger partial charge >= 0.3 is 5.97 Å². The lowest BCUT2D eigenvalue weighted by Crippen LogP contribution is -2.20. The summed E-state index contributed by atoms with van der Waals surface area (Å²) in [5.41, 5.74) is -0.283. The Morgan fingerprint density at radius 2 is 1.92 bits per heavy atom. The molecule has 1 heterocycles. The quantitative estimate of drug-likeness (QED) is 0.591. The topological polar surface area (TPSA) is 77.8 Å². The summed E-state index contributed by atoms with van der Waals surface area (Å²) in [7, 11) is 3.18. The number of methoxy groups -OCH3 is 1. The summed E-state index contributed by atoms with van der Waals surface area (Å²) in [6.07, 6.45) is 1.40. The standard InChI is InChI=1S/C18H17NO5/c1-4-24-18(22)12-9-19(2)14-13(16(12)21)15(20)10-7-5-6-8-11(10)17(14)23-3/h5-9,20H,4H2,1-3H3. The fraction of sp³-hybridized carbons (Fsp3) is 0.222. The van der Waals surface area contributed by atoms with E-state index in [-0.39, 0.29) is 23.3 Å². The molecule has 0 radical (unpaired) electrons. The molecule has 1 aromatic heterocycles. The number of aryl methyl sites for hydroxylation is 1. The van der Waals surface area contributed by atoms with Crippen LogP contribution < -0.4 is 10.2 Å². The van der Waals surface area contributed by atoms with E-state index in [2.05, 4.69) is 0 Å². The maximum absolute atomic E-state index is 12.8. The maximum Gasteiger partial charge on any atom is 0.343 e. The molecule has 24 heavy (non-hydrogen) atoms. The first-order valence-corrected chi connectivity index (χ1v) is 7.49. The third-order valence-corrected chi connectivity index (χ3v) is 3.96. The van der Waals surface area contributed by atoms with Gasteiger partial charge in [0.15, 0.2) is 5.75 Å². The van der Waals surface area contributed by atoms with Gasteiger partial charge in [0, 0.05) is 24.0 Å². The van der Waals surface area contributed by atoms with Crippen molar-refractivity contribution >= 4 is 27.6 Å². The molecule has 0 saturated carbocycles. The Hall–Kier alpha value is -3.02. The Balaban J connectivity index is 2.54. The first-order chi connectivity index (χ1) is 11.5. The lowest BCUT2D eigenvalue weighted by atomic mass is 10.0. The zero-order chi connectivity index (χ0) is 17.4. The van der Waals surface area contributed by atoms with E-state index in [0.717, 1.165) is 0 Å². The predicted molar refractivity (Wildman–Crippen MR) is 90.9 cm³/mol. The fourth-order valence-electron chi connectivity index (χ4n) is 2.94. The summed E-state index contributed by atoms with van der Waals surface area (Å²) in [6.45, 7) is 1.82. The van der Waals surface area contributed by atoms with E-state index in [1.165, 1.54) is 13.3 Å². The van der Waals surface area contributed by atoms with Gasteiger partial charge in [0.25, 0.3) is 0 Å². The number of benzene rings is 2. The molecule has 0 amide bonds. The molecule has 3 rings (SSSR count). The van der Waals surface area contributed by atoms with Crippen molar-refractivity contribution in [3.8, 4) is 11.5 Å². The molecule has 0 unspecified atom stereocenters. The van der Waals surface area contributed by atoms with Crippen LogP contribution in [0.4, 0.5) is 0 Å². The highest BCUT2D eigenvalue weighted by molar-refractivity contribution is 6.10. The number of nitrogens with zero attached hydrogens (tertiary/aromatic N) is 1. The average Bonchev–Trinajstić information content (AvgIpc) is 2.58. The zero-order valence-corrected chi connectivity index (χ0v) is 13.6.